The number of rotatable bonds is 5. The first-order valence-corrected chi connectivity index (χ1v) is 13.7. The van der Waals surface area contributed by atoms with E-state index in [1.54, 1.807) is 0 Å². The molecule has 0 saturated heterocycles. The molecule has 2 aromatic heterocycles. The Morgan fingerprint density at radius 3 is 1.45 bits per heavy atom. The lowest BCUT2D eigenvalue weighted by Gasteiger charge is -2.19. The fourth-order valence-corrected chi connectivity index (χ4v) is 5.97. The van der Waals surface area contributed by atoms with Gasteiger partial charge in [-0.15, -0.1) is 0 Å². The molecule has 4 heteroatoms. The van der Waals surface area contributed by atoms with Crippen LogP contribution in [-0.4, -0.2) is 9.97 Å². The molecule has 0 aliphatic rings. The number of aromatic amines is 2. The minimum absolute atomic E-state index is 0.626. The lowest BCUT2D eigenvalue weighted by molar-refractivity contribution is 1.38. The second kappa shape index (κ2) is 10.5. The summed E-state index contributed by atoms with van der Waals surface area (Å²) in [6.07, 6.45) is 3.86. The highest BCUT2D eigenvalue weighted by molar-refractivity contribution is 6.07. The molecule has 7 aromatic rings. The molecule has 0 radical (unpaired) electrons. The Morgan fingerprint density at radius 2 is 0.857 bits per heavy atom. The van der Waals surface area contributed by atoms with Crippen LogP contribution in [0.5, 0.6) is 0 Å². The summed E-state index contributed by atoms with van der Waals surface area (Å²) in [5.41, 5.74) is 11.0. The number of benzene rings is 5. The van der Waals surface area contributed by atoms with Gasteiger partial charge in [0, 0.05) is 51.3 Å². The van der Waals surface area contributed by atoms with Gasteiger partial charge in [-0.3, -0.25) is 0 Å². The van der Waals surface area contributed by atoms with Gasteiger partial charge in [0.15, 0.2) is 0 Å². The Bertz CT molecular complexity index is 2060. The number of nitriles is 2. The molecule has 0 atom stereocenters. The predicted octanol–water partition coefficient (Wildman–Crippen LogP) is 9.57. The Balaban J connectivity index is 1.56. The van der Waals surface area contributed by atoms with E-state index >= 15 is 0 Å². The van der Waals surface area contributed by atoms with Crippen molar-refractivity contribution in [3.05, 3.63) is 145 Å². The molecule has 2 heterocycles. The van der Waals surface area contributed by atoms with Crippen LogP contribution in [0.3, 0.4) is 0 Å². The number of nitrogens with one attached hydrogen (secondary N) is 2. The first-order chi connectivity index (χ1) is 20.8. The summed E-state index contributed by atoms with van der Waals surface area (Å²) >= 11 is 0. The van der Waals surface area contributed by atoms with Crippen molar-refractivity contribution in [3.63, 3.8) is 0 Å². The third kappa shape index (κ3) is 4.07. The molecule has 42 heavy (non-hydrogen) atoms. The van der Waals surface area contributed by atoms with Crippen molar-refractivity contribution in [1.29, 1.82) is 10.5 Å². The summed E-state index contributed by atoms with van der Waals surface area (Å²) < 4.78 is 0. The topological polar surface area (TPSA) is 79.2 Å². The van der Waals surface area contributed by atoms with Crippen LogP contribution in [0, 0.1) is 22.7 Å². The second-order valence-corrected chi connectivity index (χ2v) is 10.1. The number of hydrogen-bond donors (Lipinski definition) is 2. The van der Waals surface area contributed by atoms with Gasteiger partial charge in [0.25, 0.3) is 0 Å². The summed E-state index contributed by atoms with van der Waals surface area (Å²) in [4.78, 5) is 7.01. The van der Waals surface area contributed by atoms with Gasteiger partial charge in [-0.25, -0.2) is 0 Å². The number of hydrogen-bond acceptors (Lipinski definition) is 2. The summed E-state index contributed by atoms with van der Waals surface area (Å²) in [5.74, 6) is 0. The molecule has 0 spiro atoms. The highest BCUT2D eigenvalue weighted by Gasteiger charge is 2.22. The minimum Gasteiger partial charge on any atom is -0.361 e. The van der Waals surface area contributed by atoms with Crippen LogP contribution in [0.15, 0.2) is 134 Å². The SMILES string of the molecule is N#Cc1ccccc1-c1cc[nH]c1-c1cccc(-c2[nH]ccc2-c2ccccc2C#N)c1-c1cccc2ccccc12. The molecule has 7 rings (SSSR count). The molecule has 4 nitrogen and oxygen atoms in total. The first-order valence-electron chi connectivity index (χ1n) is 13.7. The lowest BCUT2D eigenvalue weighted by atomic mass is 9.85. The maximum Gasteiger partial charge on any atom is 0.0998 e. The molecular formula is C38H24N4. The zero-order chi connectivity index (χ0) is 28.5. The van der Waals surface area contributed by atoms with Crippen LogP contribution in [0.1, 0.15) is 11.1 Å². The van der Waals surface area contributed by atoms with Gasteiger partial charge in [-0.1, -0.05) is 97.1 Å². The van der Waals surface area contributed by atoms with Crippen molar-refractivity contribution in [1.82, 2.24) is 9.97 Å². The van der Waals surface area contributed by atoms with Gasteiger partial charge in [0.1, 0.15) is 0 Å². The quantitative estimate of drug-likeness (QED) is 0.230. The van der Waals surface area contributed by atoms with Crippen LogP contribution < -0.4 is 0 Å². The predicted molar refractivity (Wildman–Crippen MR) is 169 cm³/mol. The van der Waals surface area contributed by atoms with Crippen LogP contribution in [0.2, 0.25) is 0 Å². The number of aromatic nitrogens is 2. The Labute approximate surface area is 243 Å². The number of fused-ring (bicyclic) bond motifs is 1. The highest BCUT2D eigenvalue weighted by atomic mass is 14.7. The molecule has 0 saturated carbocycles. The molecule has 0 unspecified atom stereocenters. The molecule has 0 amide bonds. The Kier molecular flexibility index (Phi) is 6.21. The monoisotopic (exact) mass is 536 g/mol. The van der Waals surface area contributed by atoms with Crippen molar-refractivity contribution < 1.29 is 0 Å². The summed E-state index contributed by atoms with van der Waals surface area (Å²) in [6, 6.07) is 45.4. The maximum atomic E-state index is 9.89. The second-order valence-electron chi connectivity index (χ2n) is 10.1. The smallest absolute Gasteiger partial charge is 0.0998 e. The Hall–Kier alpha value is -6.10. The van der Waals surface area contributed by atoms with Crippen molar-refractivity contribution in [2.75, 3.05) is 0 Å². The highest BCUT2D eigenvalue weighted by Crippen LogP contribution is 2.46. The van der Waals surface area contributed by atoms with Gasteiger partial charge in [-0.2, -0.15) is 10.5 Å². The van der Waals surface area contributed by atoms with Crippen molar-refractivity contribution in [2.45, 2.75) is 0 Å². The van der Waals surface area contributed by atoms with E-state index in [2.05, 4.69) is 82.8 Å². The third-order valence-corrected chi connectivity index (χ3v) is 7.83. The van der Waals surface area contributed by atoms with Crippen LogP contribution in [0.25, 0.3) is 66.7 Å². The van der Waals surface area contributed by atoms with E-state index in [9.17, 15) is 10.5 Å². The fraction of sp³-hybridized carbons (Fsp3) is 0. The molecular weight excluding hydrogens is 512 g/mol. The number of nitrogens with zero attached hydrogens (tertiary/aromatic N) is 2. The lowest BCUT2D eigenvalue weighted by Crippen LogP contribution is -1.95. The van der Waals surface area contributed by atoms with Crippen LogP contribution in [0.4, 0.5) is 0 Å². The van der Waals surface area contributed by atoms with E-state index in [0.717, 1.165) is 66.7 Å². The van der Waals surface area contributed by atoms with Gasteiger partial charge in [0.05, 0.1) is 34.7 Å². The Morgan fingerprint density at radius 1 is 0.405 bits per heavy atom. The normalized spacial score (nSPS) is 10.8. The number of H-pyrrole nitrogens is 2. The summed E-state index contributed by atoms with van der Waals surface area (Å²) in [6.45, 7) is 0. The first kappa shape index (κ1) is 24.9. The molecule has 0 aliphatic carbocycles. The van der Waals surface area contributed by atoms with E-state index in [1.165, 1.54) is 0 Å². The zero-order valence-corrected chi connectivity index (χ0v) is 22.6. The van der Waals surface area contributed by atoms with Crippen molar-refractivity contribution >= 4 is 10.8 Å². The molecule has 0 aliphatic heterocycles. The summed E-state index contributed by atoms with van der Waals surface area (Å²) in [7, 11) is 0. The van der Waals surface area contributed by atoms with E-state index in [4.69, 9.17) is 0 Å². The van der Waals surface area contributed by atoms with Gasteiger partial charge >= 0.3 is 0 Å². The van der Waals surface area contributed by atoms with Gasteiger partial charge in [0.2, 0.25) is 0 Å². The maximum absolute atomic E-state index is 9.89. The van der Waals surface area contributed by atoms with E-state index in [-0.39, 0.29) is 0 Å². The van der Waals surface area contributed by atoms with Crippen molar-refractivity contribution in [3.8, 4) is 68.0 Å². The standard InChI is InChI=1S/C38H24N4/c39-23-26-10-2-5-14-29(26)32-19-21-41-37(32)34-17-8-18-35(36(34)31-16-7-12-25-9-1-4-13-28(25)31)38-33(20-22-42-38)30-15-6-3-11-27(30)24-40/h1-22,41-42H. The van der Waals surface area contributed by atoms with Crippen LogP contribution >= 0.6 is 0 Å². The average Bonchev–Trinajstić information content (AvgIpc) is 3.75. The molecule has 0 fully saturated rings. The largest absolute Gasteiger partial charge is 0.361 e. The zero-order valence-electron chi connectivity index (χ0n) is 22.6. The molecule has 196 valence electrons. The van der Waals surface area contributed by atoms with E-state index < -0.39 is 0 Å². The minimum atomic E-state index is 0.626. The fourth-order valence-electron chi connectivity index (χ4n) is 5.97. The molecule has 0 bridgehead atoms. The molecule has 5 aromatic carbocycles. The van der Waals surface area contributed by atoms with E-state index in [0.29, 0.717) is 11.1 Å². The average molecular weight is 537 g/mol. The molecule has 2 N–H and O–H groups in total. The van der Waals surface area contributed by atoms with E-state index in [1.807, 2.05) is 73.1 Å². The van der Waals surface area contributed by atoms with Gasteiger partial charge in [-0.05, 0) is 40.6 Å². The summed E-state index contributed by atoms with van der Waals surface area (Å²) in [5, 5.41) is 22.1. The van der Waals surface area contributed by atoms with Crippen LogP contribution in [-0.2, 0) is 0 Å². The third-order valence-electron chi connectivity index (χ3n) is 7.83. The van der Waals surface area contributed by atoms with Crippen molar-refractivity contribution in [2.24, 2.45) is 0 Å². The van der Waals surface area contributed by atoms with Gasteiger partial charge < -0.3 is 9.97 Å².